The summed E-state index contributed by atoms with van der Waals surface area (Å²) in [5.41, 5.74) is 1.43. The zero-order chi connectivity index (χ0) is 18.4. The van der Waals surface area contributed by atoms with E-state index in [4.69, 9.17) is 0 Å². The summed E-state index contributed by atoms with van der Waals surface area (Å²) < 4.78 is 14.7. The van der Waals surface area contributed by atoms with Crippen LogP contribution in [0.3, 0.4) is 0 Å². The number of hydrogen-bond donors (Lipinski definition) is 1. The van der Waals surface area contributed by atoms with E-state index in [-0.39, 0.29) is 11.7 Å². The standard InChI is InChI=1S/C18H16FN3OS3/c1-2-24-17-21-22-18(26-17)25-15(12-6-4-3-5-7-12)16(23)20-14-10-8-13(19)9-11-14/h3-11,15H,2H2,1H3,(H,20,23). The van der Waals surface area contributed by atoms with Gasteiger partial charge in [-0.1, -0.05) is 72.1 Å². The molecule has 0 saturated heterocycles. The summed E-state index contributed by atoms with van der Waals surface area (Å²) in [4.78, 5) is 12.9. The number of anilines is 1. The second-order valence-corrected chi connectivity index (χ2v) is 9.01. The van der Waals surface area contributed by atoms with E-state index in [9.17, 15) is 9.18 Å². The van der Waals surface area contributed by atoms with Gasteiger partial charge >= 0.3 is 0 Å². The fraction of sp³-hybridized carbons (Fsp3) is 0.167. The monoisotopic (exact) mass is 405 g/mol. The van der Waals surface area contributed by atoms with Crippen molar-refractivity contribution in [3.05, 3.63) is 66.0 Å². The van der Waals surface area contributed by atoms with Crippen LogP contribution in [0.2, 0.25) is 0 Å². The molecule has 1 amide bonds. The molecule has 0 fully saturated rings. The molecule has 134 valence electrons. The van der Waals surface area contributed by atoms with Crippen LogP contribution >= 0.6 is 34.9 Å². The van der Waals surface area contributed by atoms with Gasteiger partial charge in [-0.3, -0.25) is 4.79 Å². The normalized spacial score (nSPS) is 11.9. The number of aromatic nitrogens is 2. The fourth-order valence-corrected chi connectivity index (χ4v) is 5.28. The molecule has 0 bridgehead atoms. The third-order valence-electron chi connectivity index (χ3n) is 3.33. The fourth-order valence-electron chi connectivity index (χ4n) is 2.17. The minimum absolute atomic E-state index is 0.187. The van der Waals surface area contributed by atoms with Crippen LogP contribution in [-0.2, 0) is 4.79 Å². The number of amides is 1. The van der Waals surface area contributed by atoms with Gasteiger partial charge in [0.1, 0.15) is 11.1 Å². The zero-order valence-electron chi connectivity index (χ0n) is 13.9. The average molecular weight is 406 g/mol. The van der Waals surface area contributed by atoms with Gasteiger partial charge in [0.2, 0.25) is 5.91 Å². The number of thioether (sulfide) groups is 2. The molecule has 1 aromatic heterocycles. The zero-order valence-corrected chi connectivity index (χ0v) is 16.3. The molecular weight excluding hydrogens is 389 g/mol. The van der Waals surface area contributed by atoms with Crippen molar-refractivity contribution in [2.75, 3.05) is 11.1 Å². The number of benzene rings is 2. The smallest absolute Gasteiger partial charge is 0.242 e. The van der Waals surface area contributed by atoms with Gasteiger partial charge in [0.25, 0.3) is 0 Å². The van der Waals surface area contributed by atoms with Crippen molar-refractivity contribution in [1.82, 2.24) is 10.2 Å². The van der Waals surface area contributed by atoms with Gasteiger partial charge < -0.3 is 5.32 Å². The Balaban J connectivity index is 1.80. The molecule has 4 nitrogen and oxygen atoms in total. The maximum Gasteiger partial charge on any atom is 0.242 e. The second kappa shape index (κ2) is 9.16. The molecule has 1 heterocycles. The Morgan fingerprint density at radius 3 is 2.50 bits per heavy atom. The molecule has 0 aliphatic heterocycles. The van der Waals surface area contributed by atoms with Gasteiger partial charge in [0, 0.05) is 5.69 Å². The van der Waals surface area contributed by atoms with E-state index < -0.39 is 5.25 Å². The summed E-state index contributed by atoms with van der Waals surface area (Å²) in [5, 5.41) is 10.7. The van der Waals surface area contributed by atoms with Crippen LogP contribution in [0.15, 0.2) is 63.3 Å². The first-order chi connectivity index (χ1) is 12.7. The highest BCUT2D eigenvalue weighted by Crippen LogP contribution is 2.39. The number of nitrogens with one attached hydrogen (secondary N) is 1. The molecule has 8 heteroatoms. The number of carbonyl (C=O) groups excluding carboxylic acids is 1. The first-order valence-electron chi connectivity index (χ1n) is 7.90. The summed E-state index contributed by atoms with van der Waals surface area (Å²) >= 11 is 4.47. The van der Waals surface area contributed by atoms with Gasteiger partial charge in [0.15, 0.2) is 8.68 Å². The molecule has 3 aromatic rings. The lowest BCUT2D eigenvalue weighted by Crippen LogP contribution is -2.19. The first-order valence-corrected chi connectivity index (χ1v) is 10.6. The van der Waals surface area contributed by atoms with E-state index in [2.05, 4.69) is 22.4 Å². The summed E-state index contributed by atoms with van der Waals surface area (Å²) in [6.45, 7) is 2.06. The van der Waals surface area contributed by atoms with Crippen molar-refractivity contribution in [3.8, 4) is 0 Å². The maximum atomic E-state index is 13.1. The molecule has 0 aliphatic rings. The Labute approximate surface area is 163 Å². The van der Waals surface area contributed by atoms with Crippen molar-refractivity contribution < 1.29 is 9.18 Å². The second-order valence-electron chi connectivity index (χ2n) is 5.17. The number of halogens is 1. The molecule has 2 aromatic carbocycles. The van der Waals surface area contributed by atoms with Crippen LogP contribution in [-0.4, -0.2) is 21.9 Å². The summed E-state index contributed by atoms with van der Waals surface area (Å²) in [6, 6.07) is 15.2. The van der Waals surface area contributed by atoms with Crippen LogP contribution in [0.25, 0.3) is 0 Å². The average Bonchev–Trinajstić information content (AvgIpc) is 3.10. The Hall–Kier alpha value is -1.90. The van der Waals surface area contributed by atoms with Crippen molar-refractivity contribution in [1.29, 1.82) is 0 Å². The largest absolute Gasteiger partial charge is 0.325 e. The Morgan fingerprint density at radius 2 is 1.81 bits per heavy atom. The highest BCUT2D eigenvalue weighted by atomic mass is 32.2. The van der Waals surface area contributed by atoms with Crippen molar-refractivity contribution >= 4 is 46.5 Å². The van der Waals surface area contributed by atoms with Gasteiger partial charge in [-0.15, -0.1) is 10.2 Å². The maximum absolute atomic E-state index is 13.1. The number of carbonyl (C=O) groups is 1. The van der Waals surface area contributed by atoms with Gasteiger partial charge in [-0.2, -0.15) is 0 Å². The molecule has 0 spiro atoms. The van der Waals surface area contributed by atoms with Crippen molar-refractivity contribution in [2.45, 2.75) is 20.9 Å². The number of nitrogens with zero attached hydrogens (tertiary/aromatic N) is 2. The highest BCUT2D eigenvalue weighted by Gasteiger charge is 2.24. The Kier molecular flexibility index (Phi) is 6.65. The molecule has 3 rings (SSSR count). The Bertz CT molecular complexity index is 856. The molecule has 1 unspecified atom stereocenters. The van der Waals surface area contributed by atoms with Crippen LogP contribution in [0.1, 0.15) is 17.7 Å². The van der Waals surface area contributed by atoms with E-state index in [1.54, 1.807) is 23.9 Å². The van der Waals surface area contributed by atoms with E-state index >= 15 is 0 Å². The quantitative estimate of drug-likeness (QED) is 0.543. The predicted molar refractivity (Wildman–Crippen MR) is 106 cm³/mol. The van der Waals surface area contributed by atoms with Gasteiger partial charge in [-0.25, -0.2) is 4.39 Å². The molecule has 1 atom stereocenters. The van der Waals surface area contributed by atoms with Crippen molar-refractivity contribution in [2.24, 2.45) is 0 Å². The highest BCUT2D eigenvalue weighted by molar-refractivity contribution is 8.03. The van der Waals surface area contributed by atoms with Crippen LogP contribution in [0.5, 0.6) is 0 Å². The van der Waals surface area contributed by atoms with E-state index in [0.717, 1.165) is 20.0 Å². The van der Waals surface area contributed by atoms with E-state index in [0.29, 0.717) is 5.69 Å². The molecule has 1 N–H and O–H groups in total. The lowest BCUT2D eigenvalue weighted by Gasteiger charge is -2.15. The number of hydrogen-bond acceptors (Lipinski definition) is 6. The minimum atomic E-state index is -0.478. The topological polar surface area (TPSA) is 54.9 Å². The molecule has 26 heavy (non-hydrogen) atoms. The van der Waals surface area contributed by atoms with Crippen molar-refractivity contribution in [3.63, 3.8) is 0 Å². The Morgan fingerprint density at radius 1 is 1.12 bits per heavy atom. The van der Waals surface area contributed by atoms with E-state index in [1.165, 1.54) is 35.2 Å². The van der Waals surface area contributed by atoms with Crippen LogP contribution < -0.4 is 5.32 Å². The third-order valence-corrected chi connectivity index (χ3v) is 6.60. The summed E-state index contributed by atoms with van der Waals surface area (Å²) in [6.07, 6.45) is 0. The molecule has 0 aliphatic carbocycles. The first kappa shape index (κ1) is 18.9. The van der Waals surface area contributed by atoms with Gasteiger partial charge in [-0.05, 0) is 35.6 Å². The lowest BCUT2D eigenvalue weighted by molar-refractivity contribution is -0.115. The van der Waals surface area contributed by atoms with Crippen LogP contribution in [0.4, 0.5) is 10.1 Å². The lowest BCUT2D eigenvalue weighted by atomic mass is 10.1. The SMILES string of the molecule is CCSc1nnc(SC(C(=O)Nc2ccc(F)cc2)c2ccccc2)s1. The summed E-state index contributed by atoms with van der Waals surface area (Å²) in [5.74, 6) is 0.395. The minimum Gasteiger partial charge on any atom is -0.325 e. The molecular formula is C18H16FN3OS3. The molecule has 0 saturated carbocycles. The van der Waals surface area contributed by atoms with E-state index in [1.807, 2.05) is 30.3 Å². The van der Waals surface area contributed by atoms with Crippen LogP contribution in [0, 0.1) is 5.82 Å². The third kappa shape index (κ3) is 5.06. The predicted octanol–water partition coefficient (Wildman–Crippen LogP) is 5.26. The number of rotatable bonds is 7. The van der Waals surface area contributed by atoms with Gasteiger partial charge in [0.05, 0.1) is 0 Å². The summed E-state index contributed by atoms with van der Waals surface area (Å²) in [7, 11) is 0. The molecule has 0 radical (unpaired) electrons.